The molecule has 0 unspecified atom stereocenters. The van der Waals surface area contributed by atoms with Gasteiger partial charge in [-0.2, -0.15) is 5.26 Å². The largest absolute Gasteiger partial charge is 0.456 e. The highest BCUT2D eigenvalue weighted by Crippen LogP contribution is 2.32. The molecule has 18 heavy (non-hydrogen) atoms. The minimum Gasteiger partial charge on any atom is -0.456 e. The van der Waals surface area contributed by atoms with Gasteiger partial charge in [0.15, 0.2) is 0 Å². The quantitative estimate of drug-likeness (QED) is 0.733. The van der Waals surface area contributed by atoms with Crippen molar-refractivity contribution < 1.29 is 4.74 Å². The van der Waals surface area contributed by atoms with Gasteiger partial charge in [0.1, 0.15) is 23.1 Å². The first-order chi connectivity index (χ1) is 8.61. The van der Waals surface area contributed by atoms with Crippen molar-refractivity contribution in [1.82, 2.24) is 0 Å². The van der Waals surface area contributed by atoms with Crippen molar-refractivity contribution in [2.75, 3.05) is 0 Å². The molecule has 0 spiro atoms. The lowest BCUT2D eigenvalue weighted by atomic mass is 10.2. The normalized spacial score (nSPS) is 9.89. The molecule has 0 saturated carbocycles. The first-order valence-electron chi connectivity index (χ1n) is 5.24. The Labute approximate surface area is 122 Å². The number of nitriles is 1. The third-order valence-electron chi connectivity index (χ3n) is 2.44. The van der Waals surface area contributed by atoms with Crippen LogP contribution in [0.15, 0.2) is 45.3 Å². The molecule has 4 heteroatoms. The van der Waals surface area contributed by atoms with Crippen LogP contribution in [-0.4, -0.2) is 0 Å². The van der Waals surface area contributed by atoms with Gasteiger partial charge in [-0.05, 0) is 58.7 Å². The van der Waals surface area contributed by atoms with Crippen molar-refractivity contribution in [2.24, 2.45) is 0 Å². The molecule has 2 aromatic carbocycles. The lowest BCUT2D eigenvalue weighted by Crippen LogP contribution is -1.91. The summed E-state index contributed by atoms with van der Waals surface area (Å²) in [5.74, 6) is 1.30. The fraction of sp³-hybridized carbons (Fsp3) is 0.0714. The van der Waals surface area contributed by atoms with Gasteiger partial charge in [-0.3, -0.25) is 0 Å². The molecule has 0 heterocycles. The van der Waals surface area contributed by atoms with E-state index in [1.807, 2.05) is 37.3 Å². The van der Waals surface area contributed by atoms with Crippen LogP contribution < -0.4 is 4.74 Å². The zero-order valence-corrected chi connectivity index (χ0v) is 12.7. The molecule has 0 fully saturated rings. The minimum atomic E-state index is 0.500. The van der Waals surface area contributed by atoms with Gasteiger partial charge in [0.2, 0.25) is 0 Å². The summed E-state index contributed by atoms with van der Waals surface area (Å²) in [5.41, 5.74) is 1.51. The van der Waals surface area contributed by atoms with Gasteiger partial charge < -0.3 is 4.74 Å². The van der Waals surface area contributed by atoms with Crippen LogP contribution in [0.4, 0.5) is 0 Å². The van der Waals surface area contributed by atoms with Crippen LogP contribution in [0.1, 0.15) is 11.1 Å². The zero-order chi connectivity index (χ0) is 13.1. The number of hydrogen-bond donors (Lipinski definition) is 0. The van der Waals surface area contributed by atoms with Crippen LogP contribution in [0.2, 0.25) is 0 Å². The van der Waals surface area contributed by atoms with Gasteiger partial charge in [0, 0.05) is 8.95 Å². The lowest BCUT2D eigenvalue weighted by Gasteiger charge is -2.10. The molecule has 0 saturated heterocycles. The molecule has 2 nitrogen and oxygen atoms in total. The highest BCUT2D eigenvalue weighted by Gasteiger charge is 2.09. The van der Waals surface area contributed by atoms with Gasteiger partial charge in [0.25, 0.3) is 0 Å². The van der Waals surface area contributed by atoms with Gasteiger partial charge in [-0.1, -0.05) is 22.0 Å². The highest BCUT2D eigenvalue weighted by atomic mass is 79.9. The van der Waals surface area contributed by atoms with Crippen LogP contribution in [-0.2, 0) is 0 Å². The average molecular weight is 367 g/mol. The van der Waals surface area contributed by atoms with Crippen LogP contribution >= 0.6 is 31.9 Å². The molecule has 2 aromatic rings. The molecular weight excluding hydrogens is 358 g/mol. The smallest absolute Gasteiger partial charge is 0.146 e. The first kappa shape index (κ1) is 13.1. The van der Waals surface area contributed by atoms with Crippen LogP contribution in [0, 0.1) is 18.3 Å². The Bertz CT molecular complexity index is 632. The maximum absolute atomic E-state index is 9.12. The second-order valence-corrected chi connectivity index (χ2v) is 5.51. The molecule has 0 aliphatic heterocycles. The van der Waals surface area contributed by atoms with E-state index in [4.69, 9.17) is 10.00 Å². The van der Waals surface area contributed by atoms with E-state index in [1.165, 1.54) is 0 Å². The summed E-state index contributed by atoms with van der Waals surface area (Å²) in [6, 6.07) is 13.3. The average Bonchev–Trinajstić information content (AvgIpc) is 2.33. The third-order valence-corrected chi connectivity index (χ3v) is 3.60. The van der Waals surface area contributed by atoms with Crippen LogP contribution in [0.25, 0.3) is 0 Å². The molecule has 0 aliphatic rings. The van der Waals surface area contributed by atoms with Crippen molar-refractivity contribution in [3.05, 3.63) is 56.5 Å². The van der Waals surface area contributed by atoms with Crippen LogP contribution in [0.3, 0.4) is 0 Å². The summed E-state index contributed by atoms with van der Waals surface area (Å²) in [6.45, 7) is 1.96. The van der Waals surface area contributed by atoms with Gasteiger partial charge in [-0.15, -0.1) is 0 Å². The summed E-state index contributed by atoms with van der Waals surface area (Å²) in [7, 11) is 0. The number of aryl methyl sites for hydroxylation is 1. The van der Waals surface area contributed by atoms with Crippen molar-refractivity contribution in [1.29, 1.82) is 5.26 Å². The van der Waals surface area contributed by atoms with Crippen molar-refractivity contribution in [2.45, 2.75) is 6.92 Å². The number of ether oxygens (including phenoxy) is 1. The summed E-state index contributed by atoms with van der Waals surface area (Å²) in [5, 5.41) is 9.12. The Morgan fingerprint density at radius 3 is 2.56 bits per heavy atom. The van der Waals surface area contributed by atoms with Crippen molar-refractivity contribution >= 4 is 31.9 Å². The number of halogens is 2. The Balaban J connectivity index is 2.41. The second-order valence-electron chi connectivity index (χ2n) is 3.74. The highest BCUT2D eigenvalue weighted by molar-refractivity contribution is 9.10. The zero-order valence-electron chi connectivity index (χ0n) is 9.58. The Morgan fingerprint density at radius 2 is 1.89 bits per heavy atom. The van der Waals surface area contributed by atoms with E-state index in [0.29, 0.717) is 11.3 Å². The SMILES string of the molecule is Cc1cc(Br)ccc1Oc1cccc(Br)c1C#N. The summed E-state index contributed by atoms with van der Waals surface area (Å²) in [4.78, 5) is 0. The fourth-order valence-electron chi connectivity index (χ4n) is 1.54. The second kappa shape index (κ2) is 5.55. The number of rotatable bonds is 2. The van der Waals surface area contributed by atoms with Gasteiger partial charge >= 0.3 is 0 Å². The predicted molar refractivity (Wildman–Crippen MR) is 77.8 cm³/mol. The summed E-state index contributed by atoms with van der Waals surface area (Å²) < 4.78 is 7.53. The fourth-order valence-corrected chi connectivity index (χ4v) is 2.46. The molecule has 0 N–H and O–H groups in total. The maximum Gasteiger partial charge on any atom is 0.146 e. The Kier molecular flexibility index (Phi) is 4.05. The topological polar surface area (TPSA) is 33.0 Å². The van der Waals surface area contributed by atoms with E-state index in [-0.39, 0.29) is 0 Å². The molecule has 0 aliphatic carbocycles. The van der Waals surface area contributed by atoms with Gasteiger partial charge in [-0.25, -0.2) is 0 Å². The minimum absolute atomic E-state index is 0.500. The molecule has 0 amide bonds. The van der Waals surface area contributed by atoms with E-state index in [9.17, 15) is 0 Å². The molecule has 0 aromatic heterocycles. The van der Waals surface area contributed by atoms with E-state index >= 15 is 0 Å². The monoisotopic (exact) mass is 365 g/mol. The molecule has 0 radical (unpaired) electrons. The van der Waals surface area contributed by atoms with Crippen molar-refractivity contribution in [3.8, 4) is 17.6 Å². The van der Waals surface area contributed by atoms with E-state index in [1.54, 1.807) is 6.07 Å². The van der Waals surface area contributed by atoms with E-state index in [0.717, 1.165) is 20.3 Å². The lowest BCUT2D eigenvalue weighted by molar-refractivity contribution is 0.477. The molecule has 0 bridgehead atoms. The van der Waals surface area contributed by atoms with Gasteiger partial charge in [0.05, 0.1) is 0 Å². The Hall–Kier alpha value is -1.31. The standard InChI is InChI=1S/C14H9Br2NO/c1-9-7-10(15)5-6-13(9)18-14-4-2-3-12(16)11(14)8-17/h2-7H,1H3. The number of nitrogens with zero attached hydrogens (tertiary/aromatic N) is 1. The van der Waals surface area contributed by atoms with E-state index < -0.39 is 0 Å². The molecule has 2 rings (SSSR count). The van der Waals surface area contributed by atoms with Crippen LogP contribution in [0.5, 0.6) is 11.5 Å². The Morgan fingerprint density at radius 1 is 1.11 bits per heavy atom. The molecule has 0 atom stereocenters. The van der Waals surface area contributed by atoms with E-state index in [2.05, 4.69) is 37.9 Å². The number of hydrogen-bond acceptors (Lipinski definition) is 2. The molecule has 90 valence electrons. The first-order valence-corrected chi connectivity index (χ1v) is 6.83. The number of benzene rings is 2. The van der Waals surface area contributed by atoms with Crippen molar-refractivity contribution in [3.63, 3.8) is 0 Å². The predicted octanol–water partition coefficient (Wildman–Crippen LogP) is 5.18. The summed E-state index contributed by atoms with van der Waals surface area (Å²) >= 11 is 6.75. The summed E-state index contributed by atoms with van der Waals surface area (Å²) in [6.07, 6.45) is 0. The third kappa shape index (κ3) is 2.74. The maximum atomic E-state index is 9.12. The molecular formula is C14H9Br2NO.